The molecule has 0 aromatic heterocycles. The van der Waals surface area contributed by atoms with E-state index in [2.05, 4.69) is 11.3 Å². The second-order valence-electron chi connectivity index (χ2n) is 2.90. The number of ether oxygens (including phenoxy) is 1. The maximum absolute atomic E-state index is 13.0. The molecule has 0 bridgehead atoms. The lowest BCUT2D eigenvalue weighted by molar-refractivity contribution is -0.433. The van der Waals surface area contributed by atoms with Gasteiger partial charge >= 0.3 is 5.97 Å². The zero-order valence-electron chi connectivity index (χ0n) is 9.28. The van der Waals surface area contributed by atoms with Crippen LogP contribution in [0.4, 0.5) is 8.78 Å². The summed E-state index contributed by atoms with van der Waals surface area (Å²) in [6, 6.07) is 0. The van der Waals surface area contributed by atoms with Crippen molar-refractivity contribution in [3.63, 3.8) is 0 Å². The van der Waals surface area contributed by atoms with Crippen LogP contribution >= 0.6 is 0 Å². The number of nitrogens with zero attached hydrogens (tertiary/aromatic N) is 1. The molecule has 5 nitrogen and oxygen atoms in total. The predicted octanol–water partition coefficient (Wildman–Crippen LogP) is 2.09. The molecule has 0 saturated carbocycles. The van der Waals surface area contributed by atoms with Crippen LogP contribution in [0.2, 0.25) is 0 Å². The molecule has 7 heteroatoms. The second kappa shape index (κ2) is 6.51. The largest absolute Gasteiger partial charge is 0.465 e. The molecule has 0 rings (SSSR count). The van der Waals surface area contributed by atoms with Crippen molar-refractivity contribution in [1.29, 1.82) is 0 Å². The third kappa shape index (κ3) is 4.13. The van der Waals surface area contributed by atoms with Gasteiger partial charge in [-0.3, -0.25) is 10.1 Å². The minimum Gasteiger partial charge on any atom is -0.465 e. The van der Waals surface area contributed by atoms with E-state index in [1.165, 1.54) is 0 Å². The highest BCUT2D eigenvalue weighted by molar-refractivity contribution is 5.92. The van der Waals surface area contributed by atoms with Crippen molar-refractivity contribution in [2.45, 2.75) is 13.1 Å². The highest BCUT2D eigenvalue weighted by Gasteiger charge is 2.29. The van der Waals surface area contributed by atoms with Crippen LogP contribution in [0.25, 0.3) is 0 Å². The molecule has 0 spiro atoms. The molecule has 0 aliphatic rings. The standard InChI is InChI=1S/C10H11F2NO4/c1-4-7(12)5-8(10(14)17-3)9(6(2)11)13(15)16/h4-6H,1H2,2-3H3/b7-5+,9-8-. The Labute approximate surface area is 96.2 Å². The lowest BCUT2D eigenvalue weighted by Gasteiger charge is -2.04. The summed E-state index contributed by atoms with van der Waals surface area (Å²) in [6.45, 7) is 3.93. The SMILES string of the molecule is C=C/C(F)=C\C(C(=O)OC)=C(/C(C)F)[N+](=O)[O-]. The third-order valence-electron chi connectivity index (χ3n) is 1.73. The predicted molar refractivity (Wildman–Crippen MR) is 56.0 cm³/mol. The summed E-state index contributed by atoms with van der Waals surface area (Å²) in [5, 5.41) is 10.6. The van der Waals surface area contributed by atoms with Gasteiger partial charge in [-0.2, -0.15) is 0 Å². The Balaban J connectivity index is 5.87. The van der Waals surface area contributed by atoms with Gasteiger partial charge in [-0.05, 0) is 19.1 Å². The van der Waals surface area contributed by atoms with E-state index in [4.69, 9.17) is 0 Å². The first-order valence-corrected chi connectivity index (χ1v) is 4.45. The van der Waals surface area contributed by atoms with E-state index in [-0.39, 0.29) is 0 Å². The Morgan fingerprint density at radius 3 is 2.41 bits per heavy atom. The molecular weight excluding hydrogens is 236 g/mol. The number of allylic oxidation sites excluding steroid dienone is 3. The van der Waals surface area contributed by atoms with Crippen LogP contribution in [0, 0.1) is 10.1 Å². The number of alkyl halides is 1. The number of methoxy groups -OCH3 is 1. The average molecular weight is 247 g/mol. The molecule has 1 atom stereocenters. The first-order chi connectivity index (χ1) is 7.84. The van der Waals surface area contributed by atoms with E-state index in [9.17, 15) is 23.7 Å². The van der Waals surface area contributed by atoms with E-state index in [0.29, 0.717) is 6.08 Å². The monoisotopic (exact) mass is 247 g/mol. The molecular formula is C10H11F2NO4. The van der Waals surface area contributed by atoms with Crippen molar-refractivity contribution in [2.75, 3.05) is 7.11 Å². The lowest BCUT2D eigenvalue weighted by atomic mass is 10.1. The fraction of sp³-hybridized carbons (Fsp3) is 0.300. The summed E-state index contributed by atoms with van der Waals surface area (Å²) in [5.41, 5.74) is -1.85. The van der Waals surface area contributed by atoms with Crippen molar-refractivity contribution < 1.29 is 23.2 Å². The number of hydrogen-bond donors (Lipinski definition) is 0. The normalized spacial score (nSPS) is 14.7. The maximum atomic E-state index is 13.0. The van der Waals surface area contributed by atoms with Crippen molar-refractivity contribution in [2.24, 2.45) is 0 Å². The van der Waals surface area contributed by atoms with Crippen LogP contribution in [-0.2, 0) is 9.53 Å². The Morgan fingerprint density at radius 2 is 2.12 bits per heavy atom. The van der Waals surface area contributed by atoms with Gasteiger partial charge in [-0.15, -0.1) is 0 Å². The molecule has 0 heterocycles. The zero-order chi connectivity index (χ0) is 13.6. The van der Waals surface area contributed by atoms with Gasteiger partial charge in [-0.1, -0.05) is 6.58 Å². The molecule has 0 aliphatic carbocycles. The summed E-state index contributed by atoms with van der Waals surface area (Å²) in [6.07, 6.45) is -0.816. The second-order valence-corrected chi connectivity index (χ2v) is 2.90. The van der Waals surface area contributed by atoms with Gasteiger partial charge in [0.25, 0.3) is 5.70 Å². The quantitative estimate of drug-likeness (QED) is 0.245. The fourth-order valence-electron chi connectivity index (χ4n) is 1.00. The van der Waals surface area contributed by atoms with E-state index in [1.54, 1.807) is 0 Å². The molecule has 1 unspecified atom stereocenters. The first-order valence-electron chi connectivity index (χ1n) is 4.45. The first kappa shape index (κ1) is 14.9. The fourth-order valence-corrected chi connectivity index (χ4v) is 1.00. The lowest BCUT2D eigenvalue weighted by Crippen LogP contribution is -2.17. The van der Waals surface area contributed by atoms with Gasteiger partial charge in [0.05, 0.1) is 12.0 Å². The highest BCUT2D eigenvalue weighted by Crippen LogP contribution is 2.18. The van der Waals surface area contributed by atoms with Gasteiger partial charge < -0.3 is 4.74 Å². The minimum absolute atomic E-state index is 0.507. The number of rotatable bonds is 5. The zero-order valence-corrected chi connectivity index (χ0v) is 9.28. The van der Waals surface area contributed by atoms with Gasteiger partial charge in [0.1, 0.15) is 11.4 Å². The van der Waals surface area contributed by atoms with E-state index in [1.807, 2.05) is 0 Å². The van der Waals surface area contributed by atoms with Crippen LogP contribution in [0.1, 0.15) is 6.92 Å². The molecule has 94 valence electrons. The smallest absolute Gasteiger partial charge is 0.344 e. The number of nitro groups is 1. The van der Waals surface area contributed by atoms with Crippen LogP contribution in [-0.4, -0.2) is 24.2 Å². The van der Waals surface area contributed by atoms with E-state index in [0.717, 1.165) is 20.1 Å². The Morgan fingerprint density at radius 1 is 1.59 bits per heavy atom. The van der Waals surface area contributed by atoms with Crippen molar-refractivity contribution in [3.05, 3.63) is 45.9 Å². The maximum Gasteiger partial charge on any atom is 0.344 e. The summed E-state index contributed by atoms with van der Waals surface area (Å²) < 4.78 is 30.2. The summed E-state index contributed by atoms with van der Waals surface area (Å²) >= 11 is 0. The van der Waals surface area contributed by atoms with Crippen molar-refractivity contribution in [1.82, 2.24) is 0 Å². The Hall–Kier alpha value is -2.05. The van der Waals surface area contributed by atoms with Crippen molar-refractivity contribution >= 4 is 5.97 Å². The van der Waals surface area contributed by atoms with Gasteiger partial charge in [0.2, 0.25) is 0 Å². The molecule has 17 heavy (non-hydrogen) atoms. The molecule has 0 aromatic rings. The molecule has 0 fully saturated rings. The Kier molecular flexibility index (Phi) is 5.73. The van der Waals surface area contributed by atoms with Gasteiger partial charge in [-0.25, -0.2) is 13.6 Å². The van der Waals surface area contributed by atoms with Gasteiger partial charge in [0, 0.05) is 0 Å². The molecule has 0 aromatic carbocycles. The highest BCUT2D eigenvalue weighted by atomic mass is 19.1. The Bertz CT molecular complexity index is 399. The van der Waals surface area contributed by atoms with Crippen molar-refractivity contribution in [3.8, 4) is 0 Å². The number of esters is 1. The van der Waals surface area contributed by atoms with Crippen LogP contribution in [0.3, 0.4) is 0 Å². The summed E-state index contributed by atoms with van der Waals surface area (Å²) in [5.74, 6) is -2.20. The topological polar surface area (TPSA) is 69.4 Å². The van der Waals surface area contributed by atoms with Crippen LogP contribution in [0.15, 0.2) is 35.8 Å². The average Bonchev–Trinajstić information content (AvgIpc) is 2.25. The molecule has 0 saturated heterocycles. The van der Waals surface area contributed by atoms with Crippen LogP contribution in [0.5, 0.6) is 0 Å². The number of hydrogen-bond acceptors (Lipinski definition) is 4. The third-order valence-corrected chi connectivity index (χ3v) is 1.73. The van der Waals surface area contributed by atoms with Gasteiger partial charge in [0.15, 0.2) is 6.17 Å². The molecule has 0 aliphatic heterocycles. The summed E-state index contributed by atoms with van der Waals surface area (Å²) in [7, 11) is 0.947. The number of carbonyl (C=O) groups is 1. The number of carbonyl (C=O) groups excluding carboxylic acids is 1. The van der Waals surface area contributed by atoms with E-state index < -0.39 is 34.2 Å². The minimum atomic E-state index is -2.05. The summed E-state index contributed by atoms with van der Waals surface area (Å²) in [4.78, 5) is 20.7. The molecule has 0 N–H and O–H groups in total. The van der Waals surface area contributed by atoms with E-state index >= 15 is 0 Å². The molecule has 0 amide bonds. The molecule has 0 radical (unpaired) electrons. The van der Waals surface area contributed by atoms with Crippen LogP contribution < -0.4 is 0 Å². The number of halogens is 2.